The summed E-state index contributed by atoms with van der Waals surface area (Å²) in [5, 5.41) is 3.00. The first kappa shape index (κ1) is 26.2. The van der Waals surface area contributed by atoms with Gasteiger partial charge < -0.3 is 20.9 Å². The quantitative estimate of drug-likeness (QED) is 0.713. The number of rotatable bonds is 4. The molecule has 1 aromatic heterocycles. The van der Waals surface area contributed by atoms with Crippen LogP contribution in [0.25, 0.3) is 0 Å². The summed E-state index contributed by atoms with van der Waals surface area (Å²) in [5.74, 6) is 1.65. The van der Waals surface area contributed by atoms with Crippen molar-refractivity contribution in [3.8, 4) is 0 Å². The van der Waals surface area contributed by atoms with E-state index in [2.05, 4.69) is 40.3 Å². The molecule has 3 aliphatic rings. The molecule has 9 heteroatoms. The summed E-state index contributed by atoms with van der Waals surface area (Å²) in [5.41, 5.74) is 7.42. The van der Waals surface area contributed by atoms with E-state index in [-0.39, 0.29) is 55.1 Å². The lowest BCUT2D eigenvalue weighted by Gasteiger charge is -2.36. The lowest BCUT2D eigenvalue weighted by atomic mass is 9.84. The van der Waals surface area contributed by atoms with Gasteiger partial charge in [0.15, 0.2) is 0 Å². The third-order valence-electron chi connectivity index (χ3n) is 6.84. The molecule has 3 N–H and O–H groups in total. The van der Waals surface area contributed by atoms with Gasteiger partial charge in [-0.1, -0.05) is 0 Å². The topological polar surface area (TPSA) is 74.5 Å². The molecule has 3 fully saturated rings. The van der Waals surface area contributed by atoms with Crippen LogP contribution in [0.15, 0.2) is 18.3 Å². The highest BCUT2D eigenvalue weighted by molar-refractivity contribution is 5.93. The van der Waals surface area contributed by atoms with Gasteiger partial charge in [0, 0.05) is 25.2 Å². The van der Waals surface area contributed by atoms with Crippen LogP contribution >= 0.6 is 37.2 Å². The molecule has 1 aliphatic heterocycles. The molecule has 4 atom stereocenters. The van der Waals surface area contributed by atoms with Crippen molar-refractivity contribution >= 4 is 54.6 Å². The second-order valence-corrected chi connectivity index (χ2v) is 8.51. The average Bonchev–Trinajstić information content (AvgIpc) is 3.23. The molecule has 0 spiro atoms. The van der Waals surface area contributed by atoms with Crippen LogP contribution in [0.1, 0.15) is 32.1 Å². The molecule has 2 saturated carbocycles. The van der Waals surface area contributed by atoms with Gasteiger partial charge in [0.05, 0.1) is 17.8 Å². The van der Waals surface area contributed by atoms with Crippen LogP contribution in [0, 0.1) is 17.8 Å². The standard InChI is InChI=1S/C20H31N5O.3ClH/c1-24(2)15-7-9-25(10-8-15)16-5-6-17(22-12-16)23-20(26)18-13-3-4-14(11-13)19(18)21;;;/h5-6,12-15,18-19H,3-4,7-11,21H2,1-2H3,(H,22,23,26);3*1H. The number of carbonyl (C=O) groups is 1. The maximum absolute atomic E-state index is 12.7. The van der Waals surface area contributed by atoms with Gasteiger partial charge in [-0.05, 0) is 70.2 Å². The van der Waals surface area contributed by atoms with E-state index >= 15 is 0 Å². The van der Waals surface area contributed by atoms with Crippen molar-refractivity contribution in [3.05, 3.63) is 18.3 Å². The van der Waals surface area contributed by atoms with Gasteiger partial charge in [-0.2, -0.15) is 0 Å². The highest BCUT2D eigenvalue weighted by Crippen LogP contribution is 2.47. The van der Waals surface area contributed by atoms with E-state index in [1.807, 2.05) is 12.3 Å². The minimum atomic E-state index is -0.0414. The molecule has 0 aromatic carbocycles. The number of hydrogen-bond donors (Lipinski definition) is 2. The number of pyridine rings is 1. The fourth-order valence-corrected chi connectivity index (χ4v) is 5.22. The van der Waals surface area contributed by atoms with E-state index in [9.17, 15) is 4.79 Å². The minimum absolute atomic E-state index is 0. The molecular formula is C20H34Cl3N5O. The number of halogens is 3. The Morgan fingerprint density at radius 1 is 1.10 bits per heavy atom. The van der Waals surface area contributed by atoms with Crippen LogP contribution in [0.4, 0.5) is 11.5 Å². The molecule has 0 radical (unpaired) electrons. The SMILES string of the molecule is CN(C)C1CCN(c2ccc(NC(=O)C3C4CCC(C4)C3N)nc2)CC1.Cl.Cl.Cl. The first-order chi connectivity index (χ1) is 12.5. The van der Waals surface area contributed by atoms with Gasteiger partial charge in [0.2, 0.25) is 5.91 Å². The number of hydrogen-bond acceptors (Lipinski definition) is 5. The molecule has 2 bridgehead atoms. The Labute approximate surface area is 192 Å². The Balaban J connectivity index is 0.00000140. The summed E-state index contributed by atoms with van der Waals surface area (Å²) in [6.45, 7) is 2.10. The molecule has 2 aliphatic carbocycles. The maximum Gasteiger partial charge on any atom is 0.230 e. The Morgan fingerprint density at radius 3 is 2.28 bits per heavy atom. The number of fused-ring (bicyclic) bond motifs is 2. The molecule has 6 nitrogen and oxygen atoms in total. The van der Waals surface area contributed by atoms with E-state index in [0.717, 1.165) is 31.6 Å². The van der Waals surface area contributed by atoms with Crippen LogP contribution < -0.4 is 16.0 Å². The van der Waals surface area contributed by atoms with Crippen molar-refractivity contribution in [1.29, 1.82) is 0 Å². The second kappa shape index (κ2) is 11.0. The Morgan fingerprint density at radius 2 is 1.76 bits per heavy atom. The van der Waals surface area contributed by atoms with Crippen LogP contribution in [-0.2, 0) is 4.79 Å². The summed E-state index contributed by atoms with van der Waals surface area (Å²) in [4.78, 5) is 21.8. The van der Waals surface area contributed by atoms with Crippen molar-refractivity contribution in [1.82, 2.24) is 9.88 Å². The van der Waals surface area contributed by atoms with Crippen LogP contribution in [0.3, 0.4) is 0 Å². The van der Waals surface area contributed by atoms with E-state index in [1.54, 1.807) is 0 Å². The first-order valence-corrected chi connectivity index (χ1v) is 9.97. The third-order valence-corrected chi connectivity index (χ3v) is 6.84. The fraction of sp³-hybridized carbons (Fsp3) is 0.700. The smallest absolute Gasteiger partial charge is 0.230 e. The van der Waals surface area contributed by atoms with E-state index in [4.69, 9.17) is 5.73 Å². The molecule has 4 unspecified atom stereocenters. The molecule has 166 valence electrons. The number of nitrogens with two attached hydrogens (primary N) is 1. The fourth-order valence-electron chi connectivity index (χ4n) is 5.22. The third kappa shape index (κ3) is 5.47. The summed E-state index contributed by atoms with van der Waals surface area (Å²) < 4.78 is 0. The summed E-state index contributed by atoms with van der Waals surface area (Å²) >= 11 is 0. The average molecular weight is 467 g/mol. The number of carbonyl (C=O) groups excluding carboxylic acids is 1. The predicted molar refractivity (Wildman–Crippen MR) is 126 cm³/mol. The zero-order valence-corrected chi connectivity index (χ0v) is 19.6. The van der Waals surface area contributed by atoms with Crippen LogP contribution in [-0.4, -0.2) is 55.1 Å². The van der Waals surface area contributed by atoms with E-state index in [1.165, 1.54) is 19.3 Å². The van der Waals surface area contributed by atoms with Crippen molar-refractivity contribution in [2.75, 3.05) is 37.4 Å². The largest absolute Gasteiger partial charge is 0.370 e. The van der Waals surface area contributed by atoms with Crippen molar-refractivity contribution in [3.63, 3.8) is 0 Å². The number of nitrogens with one attached hydrogen (secondary N) is 1. The molecule has 1 saturated heterocycles. The normalized spacial score (nSPS) is 28.3. The first-order valence-electron chi connectivity index (χ1n) is 9.97. The predicted octanol–water partition coefficient (Wildman–Crippen LogP) is 3.19. The molecule has 29 heavy (non-hydrogen) atoms. The van der Waals surface area contributed by atoms with E-state index in [0.29, 0.717) is 23.7 Å². The lowest BCUT2D eigenvalue weighted by molar-refractivity contribution is -0.121. The van der Waals surface area contributed by atoms with Crippen molar-refractivity contribution in [2.24, 2.45) is 23.5 Å². The van der Waals surface area contributed by atoms with Crippen molar-refractivity contribution in [2.45, 2.75) is 44.2 Å². The number of anilines is 2. The Hall–Kier alpha value is -0.790. The zero-order valence-electron chi connectivity index (χ0n) is 17.1. The molecular weight excluding hydrogens is 433 g/mol. The number of aromatic nitrogens is 1. The molecule has 4 rings (SSSR count). The summed E-state index contributed by atoms with van der Waals surface area (Å²) in [6.07, 6.45) is 7.68. The molecule has 2 heterocycles. The van der Waals surface area contributed by atoms with Gasteiger partial charge in [0.25, 0.3) is 0 Å². The van der Waals surface area contributed by atoms with Gasteiger partial charge in [0.1, 0.15) is 5.82 Å². The van der Waals surface area contributed by atoms with Gasteiger partial charge >= 0.3 is 0 Å². The summed E-state index contributed by atoms with van der Waals surface area (Å²) in [7, 11) is 4.31. The summed E-state index contributed by atoms with van der Waals surface area (Å²) in [6, 6.07) is 4.68. The highest BCUT2D eigenvalue weighted by Gasteiger charge is 2.49. The number of piperidine rings is 1. The van der Waals surface area contributed by atoms with Crippen LogP contribution in [0.5, 0.6) is 0 Å². The van der Waals surface area contributed by atoms with Gasteiger partial charge in [-0.3, -0.25) is 4.79 Å². The van der Waals surface area contributed by atoms with Gasteiger partial charge in [-0.25, -0.2) is 4.98 Å². The van der Waals surface area contributed by atoms with E-state index < -0.39 is 0 Å². The lowest BCUT2D eigenvalue weighted by Crippen LogP contribution is -2.42. The monoisotopic (exact) mass is 465 g/mol. The Kier molecular flexibility index (Phi) is 9.96. The molecule has 1 amide bonds. The number of nitrogens with zero attached hydrogens (tertiary/aromatic N) is 3. The molecule has 1 aromatic rings. The highest BCUT2D eigenvalue weighted by atomic mass is 35.5. The Bertz CT molecular complexity index is 650. The second-order valence-electron chi connectivity index (χ2n) is 8.51. The zero-order chi connectivity index (χ0) is 18.3. The number of amides is 1. The van der Waals surface area contributed by atoms with Crippen LogP contribution in [0.2, 0.25) is 0 Å². The van der Waals surface area contributed by atoms with Crippen molar-refractivity contribution < 1.29 is 4.79 Å². The minimum Gasteiger partial charge on any atom is -0.370 e. The maximum atomic E-state index is 12.7. The van der Waals surface area contributed by atoms with Gasteiger partial charge in [-0.15, -0.1) is 37.2 Å².